The number of rotatable bonds is 4. The number of nitrogens with one attached hydrogen (secondary N) is 2. The molecule has 3 aromatic rings. The second-order valence-corrected chi connectivity index (χ2v) is 8.45. The predicted octanol–water partition coefficient (Wildman–Crippen LogP) is 3.32. The van der Waals surface area contributed by atoms with Gasteiger partial charge in [0.25, 0.3) is 5.79 Å². The Labute approximate surface area is 195 Å². The third-order valence-corrected chi connectivity index (χ3v) is 6.16. The minimum atomic E-state index is -1.50. The van der Waals surface area contributed by atoms with Crippen molar-refractivity contribution in [3.05, 3.63) is 76.6 Å². The minimum absolute atomic E-state index is 0.00312. The molecule has 0 radical (unpaired) electrons. The van der Waals surface area contributed by atoms with Crippen molar-refractivity contribution in [3.8, 4) is 5.69 Å². The highest BCUT2D eigenvalue weighted by Gasteiger charge is 2.45. The molecule has 1 aromatic heterocycles. The highest BCUT2D eigenvalue weighted by molar-refractivity contribution is 6.33. The second kappa shape index (κ2) is 8.88. The number of fused-ring (bicyclic) bond motifs is 2. The van der Waals surface area contributed by atoms with Crippen LogP contribution in [-0.4, -0.2) is 34.8 Å². The highest BCUT2D eigenvalue weighted by atomic mass is 35.5. The normalized spacial score (nSPS) is 17.5. The SMILES string of the molecule is O=C1CCC(=O)OC2(CNCCc3c2ccc(Cl)c3NCc2ccc(-n3cccn3)cc2)O1. The summed E-state index contributed by atoms with van der Waals surface area (Å²) in [5.41, 5.74) is 4.28. The maximum absolute atomic E-state index is 12.3. The van der Waals surface area contributed by atoms with Gasteiger partial charge >= 0.3 is 11.9 Å². The predicted molar refractivity (Wildman–Crippen MR) is 122 cm³/mol. The van der Waals surface area contributed by atoms with E-state index in [0.717, 1.165) is 22.5 Å². The summed E-state index contributed by atoms with van der Waals surface area (Å²) in [6.07, 6.45) is 4.27. The Kier molecular flexibility index (Phi) is 5.78. The first-order valence-corrected chi connectivity index (χ1v) is 11.2. The van der Waals surface area contributed by atoms with Gasteiger partial charge < -0.3 is 20.1 Å². The summed E-state index contributed by atoms with van der Waals surface area (Å²) in [7, 11) is 0. The zero-order valence-electron chi connectivity index (χ0n) is 17.8. The lowest BCUT2D eigenvalue weighted by Gasteiger charge is -2.32. The molecule has 3 heterocycles. The van der Waals surface area contributed by atoms with Crippen molar-refractivity contribution < 1.29 is 19.1 Å². The monoisotopic (exact) mass is 466 g/mol. The van der Waals surface area contributed by atoms with E-state index in [1.807, 2.05) is 36.5 Å². The average Bonchev–Trinajstić information content (AvgIpc) is 3.23. The van der Waals surface area contributed by atoms with Gasteiger partial charge in [-0.1, -0.05) is 23.7 Å². The van der Waals surface area contributed by atoms with Gasteiger partial charge in [0.15, 0.2) is 0 Å². The summed E-state index contributed by atoms with van der Waals surface area (Å²) in [6, 6.07) is 13.4. The number of esters is 2. The van der Waals surface area contributed by atoms with Crippen molar-refractivity contribution >= 4 is 29.2 Å². The van der Waals surface area contributed by atoms with Crippen molar-refractivity contribution in [2.24, 2.45) is 0 Å². The summed E-state index contributed by atoms with van der Waals surface area (Å²) < 4.78 is 13.2. The van der Waals surface area contributed by atoms with Crippen LogP contribution in [0.15, 0.2) is 54.9 Å². The molecule has 0 unspecified atom stereocenters. The fraction of sp³-hybridized carbons (Fsp3) is 0.292. The Morgan fingerprint density at radius 1 is 1.06 bits per heavy atom. The van der Waals surface area contributed by atoms with Crippen LogP contribution in [0.3, 0.4) is 0 Å². The number of carbonyl (C=O) groups is 2. The van der Waals surface area contributed by atoms with Crippen LogP contribution in [0.2, 0.25) is 5.02 Å². The van der Waals surface area contributed by atoms with Crippen molar-refractivity contribution in [2.75, 3.05) is 18.4 Å². The summed E-state index contributed by atoms with van der Waals surface area (Å²) >= 11 is 6.58. The Balaban J connectivity index is 1.44. The molecule has 0 saturated carbocycles. The number of hydrogen-bond acceptors (Lipinski definition) is 7. The molecule has 5 rings (SSSR count). The molecule has 1 saturated heterocycles. The van der Waals surface area contributed by atoms with Crippen molar-refractivity contribution in [3.63, 3.8) is 0 Å². The molecule has 0 atom stereocenters. The van der Waals surface area contributed by atoms with E-state index in [1.165, 1.54) is 0 Å². The molecule has 2 N–H and O–H groups in total. The zero-order valence-corrected chi connectivity index (χ0v) is 18.6. The Morgan fingerprint density at radius 2 is 1.82 bits per heavy atom. The van der Waals surface area contributed by atoms with E-state index >= 15 is 0 Å². The highest BCUT2D eigenvalue weighted by Crippen LogP contribution is 2.40. The number of anilines is 1. The second-order valence-electron chi connectivity index (χ2n) is 8.05. The van der Waals surface area contributed by atoms with E-state index in [-0.39, 0.29) is 19.4 Å². The number of benzene rings is 2. The quantitative estimate of drug-likeness (QED) is 0.569. The molecule has 0 bridgehead atoms. The first kappa shape index (κ1) is 21.5. The smallest absolute Gasteiger partial charge is 0.309 e. The molecule has 8 nitrogen and oxygen atoms in total. The standard InChI is InChI=1S/C24H23ClN4O4/c25-20-7-6-19-18(10-12-26-15-24(19)32-21(30)8-9-22(31)33-24)23(20)27-14-16-2-4-17(5-3-16)29-13-1-11-28-29/h1-7,11,13,26-27H,8-10,12,14-15H2. The number of carbonyl (C=O) groups excluding carboxylic acids is 2. The molecule has 2 aliphatic rings. The van der Waals surface area contributed by atoms with Gasteiger partial charge in [0, 0.05) is 24.5 Å². The summed E-state index contributed by atoms with van der Waals surface area (Å²) in [5.74, 6) is -2.42. The van der Waals surface area contributed by atoms with Crippen LogP contribution in [0.25, 0.3) is 5.69 Å². The minimum Gasteiger partial charge on any atom is -0.416 e. The largest absolute Gasteiger partial charge is 0.416 e. The fourth-order valence-corrected chi connectivity index (χ4v) is 4.49. The molecule has 2 aromatic carbocycles. The number of aromatic nitrogens is 2. The number of nitrogens with zero attached hydrogens (tertiary/aromatic N) is 2. The van der Waals surface area contributed by atoms with Crippen LogP contribution in [0.5, 0.6) is 0 Å². The van der Waals surface area contributed by atoms with Crippen molar-refractivity contribution in [1.29, 1.82) is 0 Å². The Morgan fingerprint density at radius 3 is 2.52 bits per heavy atom. The van der Waals surface area contributed by atoms with Crippen molar-refractivity contribution in [1.82, 2.24) is 15.1 Å². The Hall–Kier alpha value is -3.36. The van der Waals surface area contributed by atoms with Crippen LogP contribution in [0, 0.1) is 0 Å². The van der Waals surface area contributed by atoms with Crippen molar-refractivity contribution in [2.45, 2.75) is 31.6 Å². The number of ether oxygens (including phenoxy) is 2. The zero-order chi connectivity index (χ0) is 22.8. The molecule has 2 aliphatic heterocycles. The molecule has 9 heteroatoms. The van der Waals surface area contributed by atoms with Gasteiger partial charge in [0.2, 0.25) is 0 Å². The van der Waals surface area contributed by atoms with Gasteiger partial charge in [-0.3, -0.25) is 9.59 Å². The number of halogens is 1. The molecular formula is C24H23ClN4O4. The van der Waals surface area contributed by atoms with Gasteiger partial charge in [0.1, 0.15) is 0 Å². The third-order valence-electron chi connectivity index (χ3n) is 5.85. The van der Waals surface area contributed by atoms with E-state index in [4.69, 9.17) is 21.1 Å². The summed E-state index contributed by atoms with van der Waals surface area (Å²) in [4.78, 5) is 24.5. The molecular weight excluding hydrogens is 444 g/mol. The number of hydrogen-bond donors (Lipinski definition) is 2. The lowest BCUT2D eigenvalue weighted by atomic mass is 9.96. The lowest BCUT2D eigenvalue weighted by molar-refractivity contribution is -0.225. The third kappa shape index (κ3) is 4.31. The lowest BCUT2D eigenvalue weighted by Crippen LogP contribution is -2.43. The average molecular weight is 467 g/mol. The summed E-state index contributed by atoms with van der Waals surface area (Å²) in [6.45, 7) is 1.35. The van der Waals surface area contributed by atoms with Crippen LogP contribution in [-0.2, 0) is 37.8 Å². The summed E-state index contributed by atoms with van der Waals surface area (Å²) in [5, 5.41) is 11.5. The maximum atomic E-state index is 12.3. The van der Waals surface area contributed by atoms with E-state index < -0.39 is 17.7 Å². The van der Waals surface area contributed by atoms with Crippen LogP contribution < -0.4 is 10.6 Å². The molecule has 33 heavy (non-hydrogen) atoms. The van der Waals surface area contributed by atoms with E-state index in [0.29, 0.717) is 30.1 Å². The Bertz CT molecular complexity index is 1160. The van der Waals surface area contributed by atoms with Crippen LogP contribution >= 0.6 is 11.6 Å². The van der Waals surface area contributed by atoms with E-state index in [9.17, 15) is 9.59 Å². The molecule has 170 valence electrons. The van der Waals surface area contributed by atoms with Gasteiger partial charge in [0.05, 0.1) is 35.8 Å². The van der Waals surface area contributed by atoms with Gasteiger partial charge in [-0.2, -0.15) is 5.10 Å². The van der Waals surface area contributed by atoms with Crippen LogP contribution in [0.1, 0.15) is 29.5 Å². The van der Waals surface area contributed by atoms with Crippen LogP contribution in [0.4, 0.5) is 5.69 Å². The molecule has 1 fully saturated rings. The van der Waals surface area contributed by atoms with E-state index in [1.54, 1.807) is 23.0 Å². The van der Waals surface area contributed by atoms with E-state index in [2.05, 4.69) is 15.7 Å². The molecule has 1 spiro atoms. The maximum Gasteiger partial charge on any atom is 0.309 e. The topological polar surface area (TPSA) is 94.5 Å². The molecule has 0 aliphatic carbocycles. The first-order chi connectivity index (χ1) is 16.0. The van der Waals surface area contributed by atoms with Gasteiger partial charge in [-0.05, 0) is 54.4 Å². The molecule has 0 amide bonds. The fourth-order valence-electron chi connectivity index (χ4n) is 4.24. The van der Waals surface area contributed by atoms with Gasteiger partial charge in [-0.15, -0.1) is 0 Å². The first-order valence-electron chi connectivity index (χ1n) is 10.8. The van der Waals surface area contributed by atoms with Gasteiger partial charge in [-0.25, -0.2) is 4.68 Å².